The number of nitrogens with zero attached hydrogens (tertiary/aromatic N) is 1. The minimum absolute atomic E-state index is 0.0333. The number of aliphatic hydroxyl groups is 1. The standard InChI is InChI=1S/C23H31NO8/c25-10-9-24(20-3-5-21(26)6-4-20)17-19-1-7-22(8-2-19)32-16-15-30-12-11-29-13-14-31-18-23(27)28/h1-8,25-26H,9-18H2,(H,27,28). The van der Waals surface area contributed by atoms with Gasteiger partial charge >= 0.3 is 5.97 Å². The second kappa shape index (κ2) is 15.0. The van der Waals surface area contributed by atoms with Gasteiger partial charge in [-0.3, -0.25) is 0 Å². The molecule has 0 aliphatic carbocycles. The van der Waals surface area contributed by atoms with Crippen LogP contribution in [-0.2, 0) is 25.5 Å². The van der Waals surface area contributed by atoms with Crippen LogP contribution in [0.5, 0.6) is 11.5 Å². The van der Waals surface area contributed by atoms with Crippen molar-refractivity contribution in [3.8, 4) is 11.5 Å². The highest BCUT2D eigenvalue weighted by Crippen LogP contribution is 2.21. The Hall–Kier alpha value is -2.85. The Morgan fingerprint density at radius 3 is 2.00 bits per heavy atom. The first-order valence-corrected chi connectivity index (χ1v) is 10.4. The SMILES string of the molecule is O=C(O)COCCOCCOCCOc1ccc(CN(CCO)c2ccc(O)cc2)cc1. The van der Waals surface area contributed by atoms with Gasteiger partial charge in [0.05, 0.1) is 39.6 Å². The van der Waals surface area contributed by atoms with Crippen molar-refractivity contribution < 1.29 is 39.1 Å². The fourth-order valence-electron chi connectivity index (χ4n) is 2.81. The van der Waals surface area contributed by atoms with Crippen molar-refractivity contribution in [1.29, 1.82) is 0 Å². The largest absolute Gasteiger partial charge is 0.508 e. The summed E-state index contributed by atoms with van der Waals surface area (Å²) in [5, 5.41) is 27.2. The lowest BCUT2D eigenvalue weighted by molar-refractivity contribution is -0.142. The van der Waals surface area contributed by atoms with Crippen LogP contribution >= 0.6 is 0 Å². The second-order valence-electron chi connectivity index (χ2n) is 6.83. The highest BCUT2D eigenvalue weighted by Gasteiger charge is 2.07. The normalized spacial score (nSPS) is 10.8. The molecular formula is C23H31NO8. The van der Waals surface area contributed by atoms with Crippen molar-refractivity contribution in [2.45, 2.75) is 6.54 Å². The number of benzene rings is 2. The molecule has 0 unspecified atom stereocenters. The summed E-state index contributed by atoms with van der Waals surface area (Å²) in [6, 6.07) is 14.6. The minimum Gasteiger partial charge on any atom is -0.508 e. The molecule has 0 atom stereocenters. The summed E-state index contributed by atoms with van der Waals surface area (Å²) in [7, 11) is 0. The number of hydrogen-bond donors (Lipinski definition) is 3. The van der Waals surface area contributed by atoms with Gasteiger partial charge < -0.3 is 39.2 Å². The number of aliphatic carboxylic acids is 1. The molecule has 0 saturated carbocycles. The third-order valence-electron chi connectivity index (χ3n) is 4.35. The van der Waals surface area contributed by atoms with Gasteiger partial charge in [0.2, 0.25) is 0 Å². The number of anilines is 1. The first kappa shape index (κ1) is 25.4. The van der Waals surface area contributed by atoms with E-state index in [1.165, 1.54) is 0 Å². The van der Waals surface area contributed by atoms with E-state index in [1.54, 1.807) is 12.1 Å². The van der Waals surface area contributed by atoms with E-state index in [4.69, 9.17) is 24.1 Å². The molecule has 2 rings (SSSR count). The molecule has 0 spiro atoms. The highest BCUT2D eigenvalue weighted by molar-refractivity contribution is 5.67. The zero-order chi connectivity index (χ0) is 23.0. The van der Waals surface area contributed by atoms with Gasteiger partial charge in [0.15, 0.2) is 0 Å². The fourth-order valence-corrected chi connectivity index (χ4v) is 2.81. The zero-order valence-corrected chi connectivity index (χ0v) is 18.0. The maximum atomic E-state index is 10.3. The van der Waals surface area contributed by atoms with Crippen LogP contribution in [-0.4, -0.2) is 80.7 Å². The molecule has 2 aromatic carbocycles. The molecule has 0 fully saturated rings. The predicted molar refractivity (Wildman–Crippen MR) is 118 cm³/mol. The summed E-state index contributed by atoms with van der Waals surface area (Å²) in [6.07, 6.45) is 0. The molecule has 176 valence electrons. The number of carboxylic acid groups (broad SMARTS) is 1. The van der Waals surface area contributed by atoms with Gasteiger partial charge in [-0.2, -0.15) is 0 Å². The number of ether oxygens (including phenoxy) is 4. The van der Waals surface area contributed by atoms with Crippen LogP contribution in [0.3, 0.4) is 0 Å². The molecule has 0 radical (unpaired) electrons. The van der Waals surface area contributed by atoms with Gasteiger partial charge in [-0.15, -0.1) is 0 Å². The third-order valence-corrected chi connectivity index (χ3v) is 4.35. The summed E-state index contributed by atoms with van der Waals surface area (Å²) in [4.78, 5) is 12.3. The first-order chi connectivity index (χ1) is 15.6. The van der Waals surface area contributed by atoms with E-state index in [2.05, 4.69) is 0 Å². The molecular weight excluding hydrogens is 418 g/mol. The minimum atomic E-state index is -0.999. The lowest BCUT2D eigenvalue weighted by Crippen LogP contribution is -2.25. The third kappa shape index (κ3) is 10.5. The maximum absolute atomic E-state index is 10.3. The Bertz CT molecular complexity index is 767. The molecule has 3 N–H and O–H groups in total. The fraction of sp³-hybridized carbons (Fsp3) is 0.435. The van der Waals surface area contributed by atoms with Crippen molar-refractivity contribution in [3.05, 3.63) is 54.1 Å². The van der Waals surface area contributed by atoms with E-state index in [-0.39, 0.29) is 25.6 Å². The van der Waals surface area contributed by atoms with E-state index in [0.717, 1.165) is 17.0 Å². The molecule has 2 aromatic rings. The van der Waals surface area contributed by atoms with Gasteiger partial charge in [0, 0.05) is 18.8 Å². The molecule has 9 nitrogen and oxygen atoms in total. The Balaban J connectivity index is 1.61. The van der Waals surface area contributed by atoms with E-state index in [1.807, 2.05) is 41.3 Å². The predicted octanol–water partition coefficient (Wildman–Crippen LogP) is 1.90. The molecule has 0 aliphatic heterocycles. The van der Waals surface area contributed by atoms with Gasteiger partial charge in [0.1, 0.15) is 24.7 Å². The van der Waals surface area contributed by atoms with Crippen LogP contribution in [0, 0.1) is 0 Å². The average Bonchev–Trinajstić information content (AvgIpc) is 2.78. The number of rotatable bonds is 17. The molecule has 0 bridgehead atoms. The maximum Gasteiger partial charge on any atom is 0.329 e. The zero-order valence-electron chi connectivity index (χ0n) is 18.0. The number of hydrogen-bond acceptors (Lipinski definition) is 8. The van der Waals surface area contributed by atoms with Crippen molar-refractivity contribution in [1.82, 2.24) is 0 Å². The number of carbonyl (C=O) groups is 1. The molecule has 0 saturated heterocycles. The van der Waals surface area contributed by atoms with E-state index in [0.29, 0.717) is 46.1 Å². The molecule has 0 amide bonds. The van der Waals surface area contributed by atoms with Crippen LogP contribution in [0.4, 0.5) is 5.69 Å². The monoisotopic (exact) mass is 449 g/mol. The van der Waals surface area contributed by atoms with E-state index in [9.17, 15) is 15.0 Å². The number of carboxylic acids is 1. The summed E-state index contributed by atoms with van der Waals surface area (Å²) in [6.45, 7) is 3.02. The highest BCUT2D eigenvalue weighted by atomic mass is 16.6. The first-order valence-electron chi connectivity index (χ1n) is 10.4. The number of aliphatic hydroxyl groups excluding tert-OH is 1. The lowest BCUT2D eigenvalue weighted by atomic mass is 10.2. The number of phenolic OH excluding ortho intramolecular Hbond substituents is 1. The van der Waals surface area contributed by atoms with Gasteiger partial charge in [-0.1, -0.05) is 12.1 Å². The van der Waals surface area contributed by atoms with Gasteiger partial charge in [-0.25, -0.2) is 4.79 Å². The molecule has 0 aromatic heterocycles. The summed E-state index contributed by atoms with van der Waals surface area (Å²) < 4.78 is 21.2. The molecule has 0 aliphatic rings. The van der Waals surface area contributed by atoms with Crippen molar-refractivity contribution >= 4 is 11.7 Å². The number of aromatic hydroxyl groups is 1. The second-order valence-corrected chi connectivity index (χ2v) is 6.83. The molecule has 32 heavy (non-hydrogen) atoms. The van der Waals surface area contributed by atoms with Crippen LogP contribution in [0.2, 0.25) is 0 Å². The summed E-state index contributed by atoms with van der Waals surface area (Å²) in [5.74, 6) is -0.0541. The van der Waals surface area contributed by atoms with Gasteiger partial charge in [0.25, 0.3) is 0 Å². The quantitative estimate of drug-likeness (QED) is 0.311. The van der Waals surface area contributed by atoms with Crippen molar-refractivity contribution in [2.75, 3.05) is 64.3 Å². The van der Waals surface area contributed by atoms with Crippen LogP contribution < -0.4 is 9.64 Å². The van der Waals surface area contributed by atoms with Crippen molar-refractivity contribution in [3.63, 3.8) is 0 Å². The molecule has 0 heterocycles. The topological polar surface area (TPSA) is 118 Å². The average molecular weight is 450 g/mol. The van der Waals surface area contributed by atoms with E-state index >= 15 is 0 Å². The van der Waals surface area contributed by atoms with Crippen LogP contribution in [0.25, 0.3) is 0 Å². The Morgan fingerprint density at radius 1 is 0.812 bits per heavy atom. The van der Waals surface area contributed by atoms with Crippen LogP contribution in [0.1, 0.15) is 5.56 Å². The Morgan fingerprint density at radius 2 is 1.41 bits per heavy atom. The van der Waals surface area contributed by atoms with Gasteiger partial charge in [-0.05, 0) is 42.0 Å². The smallest absolute Gasteiger partial charge is 0.329 e. The van der Waals surface area contributed by atoms with Crippen LogP contribution in [0.15, 0.2) is 48.5 Å². The Labute approximate surface area is 187 Å². The summed E-state index contributed by atoms with van der Waals surface area (Å²) >= 11 is 0. The number of phenols is 1. The van der Waals surface area contributed by atoms with Crippen molar-refractivity contribution in [2.24, 2.45) is 0 Å². The molecule has 9 heteroatoms. The Kier molecular flexibility index (Phi) is 11.9. The lowest BCUT2D eigenvalue weighted by Gasteiger charge is -2.24. The summed E-state index contributed by atoms with van der Waals surface area (Å²) in [5.41, 5.74) is 1.99. The van der Waals surface area contributed by atoms with E-state index < -0.39 is 5.97 Å².